The van der Waals surface area contributed by atoms with Crippen molar-refractivity contribution < 1.29 is 14.3 Å². The molecule has 7 nitrogen and oxygen atoms in total. The maximum absolute atomic E-state index is 12.8. The molecule has 2 heterocycles. The molecule has 0 saturated carbocycles. The third-order valence-corrected chi connectivity index (χ3v) is 5.11. The van der Waals surface area contributed by atoms with Crippen LogP contribution in [0.15, 0.2) is 11.1 Å². The lowest BCUT2D eigenvalue weighted by Gasteiger charge is -2.21. The normalized spacial score (nSPS) is 10.9. The average molecular weight is 365 g/mol. The molecule has 136 valence electrons. The van der Waals surface area contributed by atoms with E-state index in [2.05, 4.69) is 4.98 Å². The first kappa shape index (κ1) is 19.1. The largest absolute Gasteiger partial charge is 0.465 e. The molecule has 0 aliphatic heterocycles. The van der Waals surface area contributed by atoms with Gasteiger partial charge in [0.25, 0.3) is 5.56 Å². The molecule has 0 aliphatic rings. The Balaban J connectivity index is 2.38. The zero-order valence-electron chi connectivity index (χ0n) is 15.0. The van der Waals surface area contributed by atoms with E-state index in [0.717, 1.165) is 24.2 Å². The van der Waals surface area contributed by atoms with Crippen LogP contribution < -0.4 is 5.56 Å². The Morgan fingerprint density at radius 1 is 1.28 bits per heavy atom. The van der Waals surface area contributed by atoms with Crippen molar-refractivity contribution in [3.05, 3.63) is 27.1 Å². The summed E-state index contributed by atoms with van der Waals surface area (Å²) in [6.45, 7) is 7.01. The SMILES string of the molecule is CCCN(CCC)C(=O)Cn1cnc2sc(C(=O)OC)c(C)c2c1=O. The lowest BCUT2D eigenvalue weighted by Crippen LogP contribution is -2.37. The van der Waals surface area contributed by atoms with E-state index in [4.69, 9.17) is 4.74 Å². The maximum atomic E-state index is 12.8. The number of ether oxygens (including phenoxy) is 1. The average Bonchev–Trinajstić information content (AvgIpc) is 2.94. The van der Waals surface area contributed by atoms with E-state index in [0.29, 0.717) is 33.7 Å². The molecule has 0 aromatic carbocycles. The molecule has 2 aromatic rings. The van der Waals surface area contributed by atoms with Gasteiger partial charge in [-0.3, -0.25) is 14.2 Å². The molecule has 0 radical (unpaired) electrons. The first-order valence-electron chi connectivity index (χ1n) is 8.29. The van der Waals surface area contributed by atoms with Gasteiger partial charge in [0.2, 0.25) is 5.91 Å². The van der Waals surface area contributed by atoms with Crippen molar-refractivity contribution in [2.75, 3.05) is 20.2 Å². The number of carbonyl (C=O) groups excluding carboxylic acids is 2. The number of aromatic nitrogens is 2. The smallest absolute Gasteiger partial charge is 0.348 e. The molecule has 2 aromatic heterocycles. The van der Waals surface area contributed by atoms with Crippen molar-refractivity contribution in [1.82, 2.24) is 14.5 Å². The third-order valence-electron chi connectivity index (χ3n) is 3.93. The zero-order chi connectivity index (χ0) is 18.6. The van der Waals surface area contributed by atoms with Crippen LogP contribution in [-0.2, 0) is 16.1 Å². The lowest BCUT2D eigenvalue weighted by atomic mass is 10.2. The van der Waals surface area contributed by atoms with Gasteiger partial charge in [-0.15, -0.1) is 11.3 Å². The molecule has 1 amide bonds. The Hall–Kier alpha value is -2.22. The predicted molar refractivity (Wildman–Crippen MR) is 97.1 cm³/mol. The molecular formula is C17H23N3O4S. The molecule has 0 aliphatic carbocycles. The molecule has 0 bridgehead atoms. The molecule has 2 rings (SSSR count). The number of rotatable bonds is 7. The highest BCUT2D eigenvalue weighted by molar-refractivity contribution is 7.20. The first-order chi connectivity index (χ1) is 11.9. The number of esters is 1. The molecule has 0 unspecified atom stereocenters. The highest BCUT2D eigenvalue weighted by Crippen LogP contribution is 2.27. The number of carbonyl (C=O) groups is 2. The topological polar surface area (TPSA) is 81.5 Å². The summed E-state index contributed by atoms with van der Waals surface area (Å²) < 4.78 is 6.05. The van der Waals surface area contributed by atoms with Gasteiger partial charge in [-0.25, -0.2) is 9.78 Å². The summed E-state index contributed by atoms with van der Waals surface area (Å²) >= 11 is 1.13. The highest BCUT2D eigenvalue weighted by atomic mass is 32.1. The summed E-state index contributed by atoms with van der Waals surface area (Å²) in [5, 5.41) is 0.373. The minimum absolute atomic E-state index is 0.0510. The molecule has 0 atom stereocenters. The summed E-state index contributed by atoms with van der Waals surface area (Å²) in [5.74, 6) is -0.590. The van der Waals surface area contributed by atoms with Crippen LogP contribution in [0, 0.1) is 6.92 Å². The van der Waals surface area contributed by atoms with Crippen LogP contribution in [0.1, 0.15) is 41.9 Å². The number of thiophene rings is 1. The second kappa shape index (κ2) is 8.24. The number of fused-ring (bicyclic) bond motifs is 1. The van der Waals surface area contributed by atoms with E-state index in [1.54, 1.807) is 11.8 Å². The quantitative estimate of drug-likeness (QED) is 0.703. The second-order valence-electron chi connectivity index (χ2n) is 5.79. The van der Waals surface area contributed by atoms with Gasteiger partial charge in [-0.05, 0) is 25.3 Å². The molecule has 25 heavy (non-hydrogen) atoms. The summed E-state index contributed by atoms with van der Waals surface area (Å²) in [7, 11) is 1.30. The Morgan fingerprint density at radius 2 is 1.92 bits per heavy atom. The highest BCUT2D eigenvalue weighted by Gasteiger charge is 2.21. The van der Waals surface area contributed by atoms with Gasteiger partial charge in [0.1, 0.15) is 16.3 Å². The van der Waals surface area contributed by atoms with E-state index in [-0.39, 0.29) is 18.0 Å². The van der Waals surface area contributed by atoms with E-state index < -0.39 is 5.97 Å². The number of methoxy groups -OCH3 is 1. The van der Waals surface area contributed by atoms with Crippen molar-refractivity contribution >= 4 is 33.4 Å². The number of amides is 1. The van der Waals surface area contributed by atoms with Crippen LogP contribution in [0.2, 0.25) is 0 Å². The number of hydrogen-bond donors (Lipinski definition) is 0. The van der Waals surface area contributed by atoms with E-state index >= 15 is 0 Å². The van der Waals surface area contributed by atoms with E-state index in [1.165, 1.54) is 18.0 Å². The van der Waals surface area contributed by atoms with Crippen LogP contribution >= 0.6 is 11.3 Å². The second-order valence-corrected chi connectivity index (χ2v) is 6.79. The number of nitrogens with zero attached hydrogens (tertiary/aromatic N) is 3. The van der Waals surface area contributed by atoms with Crippen LogP contribution in [0.4, 0.5) is 0 Å². The van der Waals surface area contributed by atoms with E-state index in [1.807, 2.05) is 13.8 Å². The Morgan fingerprint density at radius 3 is 2.48 bits per heavy atom. The molecule has 8 heteroatoms. The molecule has 0 saturated heterocycles. The summed E-state index contributed by atoms with van der Waals surface area (Å²) in [5.41, 5.74) is 0.236. The lowest BCUT2D eigenvalue weighted by molar-refractivity contribution is -0.132. The van der Waals surface area contributed by atoms with Crippen molar-refractivity contribution in [1.29, 1.82) is 0 Å². The van der Waals surface area contributed by atoms with E-state index in [9.17, 15) is 14.4 Å². The van der Waals surface area contributed by atoms with Gasteiger partial charge < -0.3 is 9.64 Å². The van der Waals surface area contributed by atoms with Crippen molar-refractivity contribution in [3.8, 4) is 0 Å². The molecule has 0 spiro atoms. The summed E-state index contributed by atoms with van der Waals surface area (Å²) in [4.78, 5) is 43.9. The molecule has 0 N–H and O–H groups in total. The summed E-state index contributed by atoms with van der Waals surface area (Å²) in [6, 6.07) is 0. The first-order valence-corrected chi connectivity index (χ1v) is 9.10. The fraction of sp³-hybridized carbons (Fsp3) is 0.529. The Kier molecular flexibility index (Phi) is 6.30. The van der Waals surface area contributed by atoms with Crippen LogP contribution in [0.5, 0.6) is 0 Å². The monoisotopic (exact) mass is 365 g/mol. The van der Waals surface area contributed by atoms with Crippen LogP contribution in [-0.4, -0.2) is 46.5 Å². The molecule has 0 fully saturated rings. The number of hydrogen-bond acceptors (Lipinski definition) is 6. The minimum atomic E-state index is -0.486. The van der Waals surface area contributed by atoms with Crippen molar-refractivity contribution in [2.24, 2.45) is 0 Å². The third kappa shape index (κ3) is 3.89. The maximum Gasteiger partial charge on any atom is 0.348 e. The van der Waals surface area contributed by atoms with Gasteiger partial charge >= 0.3 is 5.97 Å². The Bertz CT molecular complexity index is 834. The van der Waals surface area contributed by atoms with Gasteiger partial charge in [-0.1, -0.05) is 13.8 Å². The van der Waals surface area contributed by atoms with Crippen molar-refractivity contribution in [3.63, 3.8) is 0 Å². The van der Waals surface area contributed by atoms with Crippen molar-refractivity contribution in [2.45, 2.75) is 40.2 Å². The Labute approximate surface area is 150 Å². The van der Waals surface area contributed by atoms with Gasteiger partial charge in [0.15, 0.2) is 0 Å². The van der Waals surface area contributed by atoms with Gasteiger partial charge in [-0.2, -0.15) is 0 Å². The van der Waals surface area contributed by atoms with Gasteiger partial charge in [0.05, 0.1) is 18.8 Å². The fourth-order valence-corrected chi connectivity index (χ4v) is 3.76. The minimum Gasteiger partial charge on any atom is -0.465 e. The standard InChI is InChI=1S/C17H23N3O4S/c1-5-7-19(8-6-2)12(21)9-20-10-18-15-13(16(20)22)11(3)14(25-15)17(23)24-4/h10H,5-9H2,1-4H3. The molecular weight excluding hydrogens is 342 g/mol. The number of aryl methyl sites for hydroxylation is 1. The van der Waals surface area contributed by atoms with Gasteiger partial charge in [0, 0.05) is 13.1 Å². The van der Waals surface area contributed by atoms with Crippen LogP contribution in [0.25, 0.3) is 10.2 Å². The predicted octanol–water partition coefficient (Wildman–Crippen LogP) is 2.20. The zero-order valence-corrected chi connectivity index (χ0v) is 15.8. The van der Waals surface area contributed by atoms with Crippen LogP contribution in [0.3, 0.4) is 0 Å². The summed E-state index contributed by atoms with van der Waals surface area (Å²) in [6.07, 6.45) is 3.10. The fourth-order valence-electron chi connectivity index (χ4n) is 2.71.